The average molecular weight is 442 g/mol. The summed E-state index contributed by atoms with van der Waals surface area (Å²) < 4.78 is 0. The molecule has 2 rings (SSSR count). The molecule has 0 aliphatic rings. The van der Waals surface area contributed by atoms with Crippen LogP contribution in [0.2, 0.25) is 0 Å². The number of carboxylic acid groups (broad SMARTS) is 4. The lowest BCUT2D eigenvalue weighted by Gasteiger charge is -2.29. The molecule has 0 fully saturated rings. The molecule has 32 heavy (non-hydrogen) atoms. The van der Waals surface area contributed by atoms with Crippen molar-refractivity contribution in [2.45, 2.75) is 52.4 Å². The van der Waals surface area contributed by atoms with Crippen molar-refractivity contribution in [3.05, 3.63) is 57.6 Å². The van der Waals surface area contributed by atoms with Crippen molar-refractivity contribution < 1.29 is 39.6 Å². The zero-order valence-corrected chi connectivity index (χ0v) is 18.7. The molecule has 8 heteroatoms. The van der Waals surface area contributed by atoms with E-state index >= 15 is 0 Å². The summed E-state index contributed by atoms with van der Waals surface area (Å²) in [5, 5.41) is 38.4. The molecule has 0 aliphatic carbocycles. The summed E-state index contributed by atoms with van der Waals surface area (Å²) in [6.07, 6.45) is 0. The number of carboxylic acids is 4. The summed E-state index contributed by atoms with van der Waals surface area (Å²) >= 11 is 0. The van der Waals surface area contributed by atoms with Gasteiger partial charge in [0.25, 0.3) is 0 Å². The minimum absolute atomic E-state index is 0.337. The average Bonchev–Trinajstić information content (AvgIpc) is 2.63. The van der Waals surface area contributed by atoms with Crippen LogP contribution in [0.4, 0.5) is 0 Å². The van der Waals surface area contributed by atoms with Gasteiger partial charge in [-0.15, -0.1) is 0 Å². The van der Waals surface area contributed by atoms with Gasteiger partial charge in [0.05, 0.1) is 22.3 Å². The molecule has 0 aromatic heterocycles. The molecule has 0 aliphatic heterocycles. The molecule has 0 unspecified atom stereocenters. The van der Waals surface area contributed by atoms with Crippen molar-refractivity contribution in [1.29, 1.82) is 0 Å². The quantitative estimate of drug-likeness (QED) is 0.518. The largest absolute Gasteiger partial charge is 0.478 e. The Balaban J connectivity index is 3.16. The molecule has 0 saturated carbocycles. The second-order valence-corrected chi connectivity index (χ2v) is 9.61. The Labute approximate surface area is 185 Å². The second kappa shape index (κ2) is 8.11. The standard InChI is InChI=1S/C24H26O8/c1-23(2,3)17-9-15(21(29)30)13(19(25)26)7-11(17)12-8-14(20(27)28)16(22(31)32)10-18(12)24(4,5)6/h7-10H,1-6H3,(H,25,26)(H,27,28)(H,29,30)(H,31,32). The van der Waals surface area contributed by atoms with Crippen molar-refractivity contribution in [3.8, 4) is 11.1 Å². The molecule has 0 saturated heterocycles. The van der Waals surface area contributed by atoms with Gasteiger partial charge in [-0.2, -0.15) is 0 Å². The highest BCUT2D eigenvalue weighted by Crippen LogP contribution is 2.41. The van der Waals surface area contributed by atoms with Crippen molar-refractivity contribution in [3.63, 3.8) is 0 Å². The van der Waals surface area contributed by atoms with E-state index in [2.05, 4.69) is 0 Å². The van der Waals surface area contributed by atoms with Gasteiger partial charge in [0, 0.05) is 0 Å². The van der Waals surface area contributed by atoms with E-state index in [9.17, 15) is 39.6 Å². The number of hydrogen-bond acceptors (Lipinski definition) is 4. The topological polar surface area (TPSA) is 149 Å². The third-order valence-electron chi connectivity index (χ3n) is 5.14. The zero-order chi connectivity index (χ0) is 24.8. The minimum Gasteiger partial charge on any atom is -0.478 e. The van der Waals surface area contributed by atoms with Gasteiger partial charge in [-0.25, -0.2) is 19.2 Å². The van der Waals surface area contributed by atoms with Gasteiger partial charge in [0.15, 0.2) is 0 Å². The zero-order valence-electron chi connectivity index (χ0n) is 18.7. The third-order valence-corrected chi connectivity index (χ3v) is 5.14. The van der Waals surface area contributed by atoms with E-state index in [1.54, 1.807) is 0 Å². The van der Waals surface area contributed by atoms with E-state index < -0.39 is 45.8 Å². The van der Waals surface area contributed by atoms with Crippen molar-refractivity contribution >= 4 is 23.9 Å². The molecule has 8 nitrogen and oxygen atoms in total. The van der Waals surface area contributed by atoms with Crippen molar-refractivity contribution in [1.82, 2.24) is 0 Å². The number of hydrogen-bond donors (Lipinski definition) is 4. The Bertz CT molecular complexity index is 1050. The van der Waals surface area contributed by atoms with E-state index in [0.29, 0.717) is 22.3 Å². The number of carbonyl (C=O) groups is 4. The minimum atomic E-state index is -1.44. The molecular formula is C24H26O8. The number of rotatable bonds is 5. The van der Waals surface area contributed by atoms with Crippen LogP contribution in [-0.4, -0.2) is 44.3 Å². The first-order valence-corrected chi connectivity index (χ1v) is 9.77. The van der Waals surface area contributed by atoms with Crippen LogP contribution in [0.1, 0.15) is 94.1 Å². The van der Waals surface area contributed by atoms with E-state index in [1.807, 2.05) is 41.5 Å². The first-order chi connectivity index (χ1) is 14.5. The molecule has 0 spiro atoms. The van der Waals surface area contributed by atoms with Crippen LogP contribution < -0.4 is 0 Å². The monoisotopic (exact) mass is 442 g/mol. The van der Waals surface area contributed by atoms with Crippen LogP contribution >= 0.6 is 0 Å². The lowest BCUT2D eigenvalue weighted by Crippen LogP contribution is -2.21. The highest BCUT2D eigenvalue weighted by atomic mass is 16.4. The molecule has 2 aromatic rings. The predicted octanol–water partition coefficient (Wildman–Crippen LogP) is 4.74. The van der Waals surface area contributed by atoms with Crippen LogP contribution in [0.3, 0.4) is 0 Å². The summed E-state index contributed by atoms with van der Waals surface area (Å²) in [7, 11) is 0. The van der Waals surface area contributed by atoms with Gasteiger partial charge in [0.1, 0.15) is 0 Å². The van der Waals surface area contributed by atoms with Gasteiger partial charge in [-0.1, -0.05) is 41.5 Å². The molecule has 0 amide bonds. The van der Waals surface area contributed by atoms with Crippen molar-refractivity contribution in [2.75, 3.05) is 0 Å². The molecule has 170 valence electrons. The normalized spacial score (nSPS) is 11.8. The molecule has 0 radical (unpaired) electrons. The molecular weight excluding hydrogens is 416 g/mol. The van der Waals surface area contributed by atoms with E-state index in [-0.39, 0.29) is 11.1 Å². The summed E-state index contributed by atoms with van der Waals surface area (Å²) in [4.78, 5) is 47.1. The Morgan fingerprint density at radius 2 is 0.719 bits per heavy atom. The van der Waals surface area contributed by atoms with Crippen LogP contribution in [-0.2, 0) is 10.8 Å². The van der Waals surface area contributed by atoms with Gasteiger partial charge >= 0.3 is 23.9 Å². The first-order valence-electron chi connectivity index (χ1n) is 9.77. The van der Waals surface area contributed by atoms with E-state index in [1.165, 1.54) is 24.3 Å². The molecule has 2 aromatic carbocycles. The molecule has 4 N–H and O–H groups in total. The first kappa shape index (κ1) is 24.6. The fourth-order valence-corrected chi connectivity index (χ4v) is 3.59. The maximum Gasteiger partial charge on any atom is 0.336 e. The van der Waals surface area contributed by atoms with Crippen molar-refractivity contribution in [2.24, 2.45) is 0 Å². The van der Waals surface area contributed by atoms with Gasteiger partial charge < -0.3 is 20.4 Å². The molecule has 0 heterocycles. The summed E-state index contributed by atoms with van der Waals surface area (Å²) in [5.41, 5.74) is -1.28. The van der Waals surface area contributed by atoms with E-state index in [4.69, 9.17) is 0 Å². The third kappa shape index (κ3) is 4.64. The molecule has 0 bridgehead atoms. The van der Waals surface area contributed by atoms with Gasteiger partial charge in [-0.05, 0) is 57.3 Å². The maximum absolute atomic E-state index is 11.8. The van der Waals surface area contributed by atoms with Gasteiger partial charge in [-0.3, -0.25) is 0 Å². The highest BCUT2D eigenvalue weighted by molar-refractivity contribution is 6.05. The Hall–Kier alpha value is -3.68. The fourth-order valence-electron chi connectivity index (χ4n) is 3.59. The lowest BCUT2D eigenvalue weighted by atomic mass is 9.74. The fraction of sp³-hybridized carbons (Fsp3) is 0.333. The summed E-state index contributed by atoms with van der Waals surface area (Å²) in [6, 6.07) is 5.03. The SMILES string of the molecule is CC(C)(C)c1cc(C(=O)O)c(C(=O)O)cc1-c1cc(C(=O)O)c(C(=O)O)cc1C(C)(C)C. The molecule has 0 atom stereocenters. The van der Waals surface area contributed by atoms with E-state index in [0.717, 1.165) is 0 Å². The predicted molar refractivity (Wildman–Crippen MR) is 117 cm³/mol. The number of aromatic carboxylic acids is 4. The number of benzene rings is 2. The maximum atomic E-state index is 11.8. The Kier molecular flexibility index (Phi) is 6.23. The van der Waals surface area contributed by atoms with Crippen LogP contribution in [0, 0.1) is 0 Å². The summed E-state index contributed by atoms with van der Waals surface area (Å²) in [6.45, 7) is 10.9. The van der Waals surface area contributed by atoms with Crippen LogP contribution in [0.15, 0.2) is 24.3 Å². The summed E-state index contributed by atoms with van der Waals surface area (Å²) in [5.74, 6) is -5.69. The van der Waals surface area contributed by atoms with Gasteiger partial charge in [0.2, 0.25) is 0 Å². The second-order valence-electron chi connectivity index (χ2n) is 9.61. The van der Waals surface area contributed by atoms with Crippen LogP contribution in [0.25, 0.3) is 11.1 Å². The van der Waals surface area contributed by atoms with Crippen LogP contribution in [0.5, 0.6) is 0 Å². The highest BCUT2D eigenvalue weighted by Gasteiger charge is 2.31. The smallest absolute Gasteiger partial charge is 0.336 e. The Morgan fingerprint density at radius 1 is 0.500 bits per heavy atom. The Morgan fingerprint density at radius 3 is 0.906 bits per heavy atom. The lowest BCUT2D eigenvalue weighted by molar-refractivity contribution is 0.0651.